The van der Waals surface area contributed by atoms with Gasteiger partial charge in [-0.3, -0.25) is 37.3 Å². The van der Waals surface area contributed by atoms with Crippen LogP contribution in [0.1, 0.15) is 458 Å². The van der Waals surface area contributed by atoms with Gasteiger partial charge in [0, 0.05) is 25.7 Å². The predicted octanol–water partition coefficient (Wildman–Crippen LogP) is 26.0. The summed E-state index contributed by atoms with van der Waals surface area (Å²) in [7, 11) is -9.92. The van der Waals surface area contributed by atoms with Crippen molar-refractivity contribution in [1.82, 2.24) is 0 Å². The van der Waals surface area contributed by atoms with Crippen LogP contribution in [-0.2, 0) is 65.4 Å². The van der Waals surface area contributed by atoms with Crippen molar-refractivity contribution in [3.8, 4) is 0 Å². The Bertz CT molecular complexity index is 1980. The molecule has 0 aliphatic carbocycles. The Kier molecular flexibility index (Phi) is 76.3. The van der Waals surface area contributed by atoms with Crippen LogP contribution in [0.4, 0.5) is 0 Å². The molecular weight excluding hydrogens is 1350 g/mol. The largest absolute Gasteiger partial charge is 0.472 e. The van der Waals surface area contributed by atoms with E-state index in [-0.39, 0.29) is 25.7 Å². The van der Waals surface area contributed by atoms with Gasteiger partial charge in [0.25, 0.3) is 0 Å². The fraction of sp³-hybridized carbons (Fsp3) is 0.953. The molecule has 0 saturated heterocycles. The quantitative estimate of drug-likeness (QED) is 0.0222. The maximum absolute atomic E-state index is 13.1. The topological polar surface area (TPSA) is 237 Å². The highest BCUT2D eigenvalue weighted by atomic mass is 31.2. The number of unbranched alkanes of at least 4 members (excludes halogenated alkanes) is 57. The molecule has 0 radical (unpaired) electrons. The fourth-order valence-corrected chi connectivity index (χ4v) is 14.9. The monoisotopic (exact) mass is 1520 g/mol. The molecule has 0 aromatic heterocycles. The smallest absolute Gasteiger partial charge is 0.462 e. The number of aliphatic hydroxyl groups excluding tert-OH is 1. The predicted molar refractivity (Wildman–Crippen MR) is 428 cm³/mol. The number of esters is 4. The van der Waals surface area contributed by atoms with Crippen LogP contribution in [0.3, 0.4) is 0 Å². The lowest BCUT2D eigenvalue weighted by Crippen LogP contribution is -2.30. The van der Waals surface area contributed by atoms with Crippen molar-refractivity contribution in [2.45, 2.75) is 477 Å². The molecule has 0 amide bonds. The number of phosphoric acid groups is 2. The van der Waals surface area contributed by atoms with Crippen LogP contribution in [0.25, 0.3) is 0 Å². The van der Waals surface area contributed by atoms with Gasteiger partial charge >= 0.3 is 39.5 Å². The Balaban J connectivity index is 5.20. The lowest BCUT2D eigenvalue weighted by molar-refractivity contribution is -0.161. The average molecular weight is 1520 g/mol. The second kappa shape index (κ2) is 77.8. The number of carbonyl (C=O) groups excluding carboxylic acids is 4. The van der Waals surface area contributed by atoms with Gasteiger partial charge in [0.2, 0.25) is 0 Å². The first-order chi connectivity index (χ1) is 50.5. The lowest BCUT2D eigenvalue weighted by Gasteiger charge is -2.21. The van der Waals surface area contributed by atoms with Crippen LogP contribution < -0.4 is 0 Å². The van der Waals surface area contributed by atoms with E-state index in [1.165, 1.54) is 283 Å². The van der Waals surface area contributed by atoms with E-state index >= 15 is 0 Å². The highest BCUT2D eigenvalue weighted by Gasteiger charge is 2.30. The van der Waals surface area contributed by atoms with Gasteiger partial charge < -0.3 is 33.8 Å². The molecule has 5 atom stereocenters. The summed E-state index contributed by atoms with van der Waals surface area (Å²) in [4.78, 5) is 73.1. The van der Waals surface area contributed by atoms with E-state index in [2.05, 4.69) is 34.6 Å². The molecule has 0 aliphatic heterocycles. The fourth-order valence-electron chi connectivity index (χ4n) is 13.3. The van der Waals surface area contributed by atoms with Crippen LogP contribution in [0.15, 0.2) is 0 Å². The Labute approximate surface area is 638 Å². The van der Waals surface area contributed by atoms with Crippen LogP contribution in [-0.4, -0.2) is 96.7 Å². The van der Waals surface area contributed by atoms with Crippen molar-refractivity contribution in [1.29, 1.82) is 0 Å². The number of aliphatic hydroxyl groups is 1. The second-order valence-electron chi connectivity index (χ2n) is 31.1. The van der Waals surface area contributed by atoms with Crippen LogP contribution in [0, 0.1) is 5.92 Å². The molecule has 0 spiro atoms. The van der Waals surface area contributed by atoms with Crippen LogP contribution in [0.5, 0.6) is 0 Å². The van der Waals surface area contributed by atoms with Crippen molar-refractivity contribution in [3.63, 3.8) is 0 Å². The summed E-state index contributed by atoms with van der Waals surface area (Å²) in [6.45, 7) is 7.35. The van der Waals surface area contributed by atoms with E-state index in [4.69, 9.17) is 37.0 Å². The van der Waals surface area contributed by atoms with E-state index in [0.29, 0.717) is 25.7 Å². The van der Waals surface area contributed by atoms with Gasteiger partial charge in [-0.05, 0) is 31.6 Å². The van der Waals surface area contributed by atoms with Gasteiger partial charge in [-0.15, -0.1) is 0 Å². The normalized spacial score (nSPS) is 13.8. The molecule has 0 bridgehead atoms. The van der Waals surface area contributed by atoms with Crippen molar-refractivity contribution in [2.75, 3.05) is 39.6 Å². The van der Waals surface area contributed by atoms with Gasteiger partial charge in [-0.2, -0.15) is 0 Å². The minimum atomic E-state index is -4.96. The van der Waals surface area contributed by atoms with Gasteiger partial charge in [-0.1, -0.05) is 407 Å². The van der Waals surface area contributed by atoms with E-state index < -0.39 is 97.5 Å². The molecule has 0 aromatic rings. The summed E-state index contributed by atoms with van der Waals surface area (Å²) >= 11 is 0. The zero-order chi connectivity index (χ0) is 76.2. The number of rotatable bonds is 85. The zero-order valence-corrected chi connectivity index (χ0v) is 70.0. The molecule has 104 heavy (non-hydrogen) atoms. The zero-order valence-electron chi connectivity index (χ0n) is 68.2. The molecule has 0 aliphatic rings. The highest BCUT2D eigenvalue weighted by Crippen LogP contribution is 2.45. The first-order valence-electron chi connectivity index (χ1n) is 44.1. The molecule has 618 valence electrons. The van der Waals surface area contributed by atoms with Crippen LogP contribution in [0.2, 0.25) is 0 Å². The number of carbonyl (C=O) groups is 4. The summed E-state index contributed by atoms with van der Waals surface area (Å²) in [5, 5.41) is 10.7. The van der Waals surface area contributed by atoms with Gasteiger partial charge in [0.1, 0.15) is 19.3 Å². The molecule has 0 rings (SSSR count). The summed E-state index contributed by atoms with van der Waals surface area (Å²) in [5.74, 6) is -1.33. The van der Waals surface area contributed by atoms with E-state index in [1.54, 1.807) is 0 Å². The molecule has 3 N–H and O–H groups in total. The number of phosphoric ester groups is 2. The Morgan fingerprint density at radius 1 is 0.260 bits per heavy atom. The highest BCUT2D eigenvalue weighted by molar-refractivity contribution is 7.47. The standard InChI is InChI=1S/C85H166O17P2/c1-6-9-12-15-18-21-23-25-27-29-31-32-34-36-38-40-45-50-55-60-65-70-84(89)102-81(75-96-83(88)69-64-59-54-49-44-39-37-35-33-30-28-26-24-22-19-16-13-10-7-2)77-100-104(93,94)98-73-79(86)72-97-103(91,92)99-76-80(74-95-82(87)68-63-58-53-47-20-17-14-11-8-3)101-85(90)71-66-61-56-51-46-42-41-43-48-52-57-62-67-78(4)5/h78-81,86H,6-77H2,1-5H3,(H,91,92)(H,93,94)/t79-,80+,81+/m0/s1. The minimum absolute atomic E-state index is 0.107. The molecular formula is C85H166O17P2. The van der Waals surface area contributed by atoms with Gasteiger partial charge in [0.15, 0.2) is 12.2 Å². The molecule has 0 fully saturated rings. The van der Waals surface area contributed by atoms with Crippen molar-refractivity contribution >= 4 is 39.5 Å². The van der Waals surface area contributed by atoms with Gasteiger partial charge in [0.05, 0.1) is 26.4 Å². The number of ether oxygens (including phenoxy) is 4. The van der Waals surface area contributed by atoms with Crippen LogP contribution >= 0.6 is 15.6 Å². The number of hydrogen-bond acceptors (Lipinski definition) is 15. The molecule has 0 aromatic carbocycles. The molecule has 0 heterocycles. The summed E-state index contributed by atoms with van der Waals surface area (Å²) in [5.41, 5.74) is 0. The molecule has 17 nitrogen and oxygen atoms in total. The first kappa shape index (κ1) is 102. The van der Waals surface area contributed by atoms with Crippen molar-refractivity contribution < 1.29 is 80.2 Å². The first-order valence-corrected chi connectivity index (χ1v) is 47.1. The average Bonchev–Trinajstić information content (AvgIpc) is 0.908. The summed E-state index contributed by atoms with van der Waals surface area (Å²) in [6.07, 6.45) is 70.9. The molecule has 19 heteroatoms. The number of hydrogen-bond donors (Lipinski definition) is 3. The summed E-state index contributed by atoms with van der Waals surface area (Å²) in [6, 6.07) is 0. The molecule has 2 unspecified atom stereocenters. The van der Waals surface area contributed by atoms with Crippen molar-refractivity contribution in [2.24, 2.45) is 5.92 Å². The Morgan fingerprint density at radius 2 is 0.442 bits per heavy atom. The second-order valence-corrected chi connectivity index (χ2v) is 34.0. The molecule has 0 saturated carbocycles. The maximum atomic E-state index is 13.1. The third kappa shape index (κ3) is 78.2. The SMILES string of the molecule is CCCCCCCCCCCCCCCCCCCCCCCC(=O)O[C@H](COC(=O)CCCCCCCCCCCCCCCCCCCCC)COP(=O)(O)OC[C@@H](O)COP(=O)(O)OC[C@@H](COC(=O)CCCCCCCCCCC)OC(=O)CCCCCCCCCCCCCCC(C)C. The third-order valence-electron chi connectivity index (χ3n) is 20.0. The van der Waals surface area contributed by atoms with Crippen molar-refractivity contribution in [3.05, 3.63) is 0 Å². The Morgan fingerprint density at radius 3 is 0.654 bits per heavy atom. The lowest BCUT2D eigenvalue weighted by atomic mass is 10.0. The van der Waals surface area contributed by atoms with Gasteiger partial charge in [-0.25, -0.2) is 9.13 Å². The summed E-state index contributed by atoms with van der Waals surface area (Å²) < 4.78 is 68.8. The van der Waals surface area contributed by atoms with E-state index in [0.717, 1.165) is 95.8 Å². The third-order valence-corrected chi connectivity index (χ3v) is 21.9. The van der Waals surface area contributed by atoms with E-state index in [1.807, 2.05) is 0 Å². The minimum Gasteiger partial charge on any atom is -0.462 e. The maximum Gasteiger partial charge on any atom is 0.472 e. The van der Waals surface area contributed by atoms with E-state index in [9.17, 15) is 43.2 Å². The Hall–Kier alpha value is -1.94.